The molecule has 2 heterocycles. The van der Waals surface area contributed by atoms with Crippen LogP contribution in [0.5, 0.6) is 0 Å². The second-order valence-corrected chi connectivity index (χ2v) is 3.28. The zero-order chi connectivity index (χ0) is 7.84. The van der Waals surface area contributed by atoms with Gasteiger partial charge in [-0.1, -0.05) is 0 Å². The number of aromatic nitrogens is 3. The second-order valence-electron chi connectivity index (χ2n) is 2.36. The third kappa shape index (κ3) is 1.14. The molecule has 0 saturated carbocycles. The monoisotopic (exact) mass is 211 g/mol. The number of hydrogen-bond donors (Lipinski definition) is 0. The minimum atomic E-state index is 0.918. The van der Waals surface area contributed by atoms with Gasteiger partial charge in [-0.2, -0.15) is 5.10 Å². The number of pyridine rings is 1. The van der Waals surface area contributed by atoms with Crippen molar-refractivity contribution < 1.29 is 0 Å². The molecule has 11 heavy (non-hydrogen) atoms. The first-order valence-electron chi connectivity index (χ1n) is 3.20. The fraction of sp³-hybridized carbons (Fsp3) is 0.143. The van der Waals surface area contributed by atoms with Crippen LogP contribution in [0.3, 0.4) is 0 Å². The molecule has 56 valence electrons. The molecule has 0 radical (unpaired) electrons. The highest BCUT2D eigenvalue weighted by Crippen LogP contribution is 2.14. The largest absolute Gasteiger partial charge is 0.273 e. The van der Waals surface area contributed by atoms with Crippen LogP contribution in [0.4, 0.5) is 0 Å². The summed E-state index contributed by atoms with van der Waals surface area (Å²) in [5, 5.41) is 4.20. The third-order valence-corrected chi connectivity index (χ3v) is 1.87. The predicted molar refractivity (Wildman–Crippen MR) is 46.2 cm³/mol. The van der Waals surface area contributed by atoms with Crippen LogP contribution in [0, 0.1) is 0 Å². The van der Waals surface area contributed by atoms with Crippen molar-refractivity contribution >= 4 is 27.0 Å². The van der Waals surface area contributed by atoms with Crippen molar-refractivity contribution in [3.63, 3.8) is 0 Å². The molecule has 0 amide bonds. The molecule has 0 N–H and O–H groups in total. The maximum atomic E-state index is 4.20. The molecule has 0 saturated heterocycles. The average molecular weight is 212 g/mol. The van der Waals surface area contributed by atoms with Crippen molar-refractivity contribution in [1.29, 1.82) is 0 Å². The van der Waals surface area contributed by atoms with Crippen molar-refractivity contribution in [2.75, 3.05) is 0 Å². The van der Waals surface area contributed by atoms with Crippen molar-refractivity contribution in [2.45, 2.75) is 0 Å². The molecule has 0 fully saturated rings. The van der Waals surface area contributed by atoms with E-state index < -0.39 is 0 Å². The lowest BCUT2D eigenvalue weighted by atomic mass is 10.4. The van der Waals surface area contributed by atoms with Crippen LogP contribution in [0.15, 0.2) is 22.9 Å². The van der Waals surface area contributed by atoms with Gasteiger partial charge in [-0.05, 0) is 22.0 Å². The van der Waals surface area contributed by atoms with Gasteiger partial charge in [-0.15, -0.1) is 0 Å². The summed E-state index contributed by atoms with van der Waals surface area (Å²) in [7, 11) is 1.88. The van der Waals surface area contributed by atoms with Crippen molar-refractivity contribution in [1.82, 2.24) is 14.8 Å². The van der Waals surface area contributed by atoms with Gasteiger partial charge in [0.15, 0.2) is 0 Å². The summed E-state index contributed by atoms with van der Waals surface area (Å²) in [5.74, 6) is 0. The Hall–Kier alpha value is -0.900. The molecule has 2 aromatic heterocycles. The fourth-order valence-electron chi connectivity index (χ4n) is 0.995. The Morgan fingerprint density at radius 3 is 3.09 bits per heavy atom. The maximum absolute atomic E-state index is 4.20. The van der Waals surface area contributed by atoms with E-state index in [1.165, 1.54) is 0 Å². The van der Waals surface area contributed by atoms with E-state index in [1.807, 2.05) is 19.3 Å². The van der Waals surface area contributed by atoms with Gasteiger partial charge in [0.2, 0.25) is 0 Å². The molecular weight excluding hydrogens is 206 g/mol. The zero-order valence-corrected chi connectivity index (χ0v) is 7.54. The summed E-state index contributed by atoms with van der Waals surface area (Å²) in [4.78, 5) is 4.17. The maximum Gasteiger partial charge on any atom is 0.112 e. The smallest absolute Gasteiger partial charge is 0.112 e. The van der Waals surface area contributed by atoms with E-state index >= 15 is 0 Å². The molecule has 2 rings (SSSR count). The normalized spacial score (nSPS) is 10.7. The first-order valence-corrected chi connectivity index (χ1v) is 4.00. The lowest BCUT2D eigenvalue weighted by molar-refractivity contribution is 0.779. The van der Waals surface area contributed by atoms with Gasteiger partial charge < -0.3 is 0 Å². The topological polar surface area (TPSA) is 30.7 Å². The molecule has 0 aliphatic rings. The first kappa shape index (κ1) is 6.79. The predicted octanol–water partition coefficient (Wildman–Crippen LogP) is 1.73. The molecule has 0 unspecified atom stereocenters. The number of aryl methyl sites for hydroxylation is 1. The highest BCUT2D eigenvalue weighted by Gasteiger charge is 1.98. The number of halogens is 1. The zero-order valence-electron chi connectivity index (χ0n) is 5.95. The summed E-state index contributed by atoms with van der Waals surface area (Å²) >= 11 is 3.33. The minimum absolute atomic E-state index is 0.918. The summed E-state index contributed by atoms with van der Waals surface area (Å²) < 4.78 is 2.72. The van der Waals surface area contributed by atoms with E-state index in [9.17, 15) is 0 Å². The van der Waals surface area contributed by atoms with Crippen molar-refractivity contribution in [3.8, 4) is 0 Å². The third-order valence-electron chi connectivity index (χ3n) is 1.44. The molecule has 0 aliphatic heterocycles. The molecule has 0 aromatic carbocycles. The summed E-state index contributed by atoms with van der Waals surface area (Å²) in [6, 6.07) is 1.95. The van der Waals surface area contributed by atoms with Crippen LogP contribution in [-0.2, 0) is 7.05 Å². The van der Waals surface area contributed by atoms with Crippen LogP contribution in [0.2, 0.25) is 0 Å². The van der Waals surface area contributed by atoms with Crippen LogP contribution < -0.4 is 0 Å². The van der Waals surface area contributed by atoms with Crippen LogP contribution in [0.25, 0.3) is 11.0 Å². The van der Waals surface area contributed by atoms with Gasteiger partial charge in [-0.3, -0.25) is 9.67 Å². The highest BCUT2D eigenvalue weighted by molar-refractivity contribution is 9.10. The lowest BCUT2D eigenvalue weighted by Crippen LogP contribution is -1.84. The van der Waals surface area contributed by atoms with E-state index in [-0.39, 0.29) is 0 Å². The van der Waals surface area contributed by atoms with Gasteiger partial charge in [0.25, 0.3) is 0 Å². The second kappa shape index (κ2) is 2.30. The highest BCUT2D eigenvalue weighted by atomic mass is 79.9. The molecule has 0 spiro atoms. The minimum Gasteiger partial charge on any atom is -0.273 e. The Morgan fingerprint density at radius 1 is 1.45 bits per heavy atom. The molecule has 3 nitrogen and oxygen atoms in total. The SMILES string of the molecule is Cn1cc2ncc(Br)cc2n1. The van der Waals surface area contributed by atoms with Crippen LogP contribution in [0.1, 0.15) is 0 Å². The molecule has 2 aromatic rings. The standard InChI is InChI=1S/C7H6BrN3/c1-11-4-7-6(10-11)2-5(8)3-9-7/h2-4H,1H3. The van der Waals surface area contributed by atoms with E-state index in [2.05, 4.69) is 26.0 Å². The number of fused-ring (bicyclic) bond motifs is 1. The number of rotatable bonds is 0. The molecule has 4 heteroatoms. The van der Waals surface area contributed by atoms with Crippen molar-refractivity contribution in [2.24, 2.45) is 7.05 Å². The van der Waals surface area contributed by atoms with Gasteiger partial charge >= 0.3 is 0 Å². The van der Waals surface area contributed by atoms with Crippen LogP contribution in [-0.4, -0.2) is 14.8 Å². The summed E-state index contributed by atoms with van der Waals surface area (Å²) in [6.07, 6.45) is 3.66. The van der Waals surface area contributed by atoms with Gasteiger partial charge in [0.1, 0.15) is 11.0 Å². The lowest BCUT2D eigenvalue weighted by Gasteiger charge is -1.86. The molecule has 0 atom stereocenters. The Labute approximate surface area is 72.2 Å². The Bertz CT molecular complexity index is 393. The number of nitrogens with zero attached hydrogens (tertiary/aromatic N) is 3. The van der Waals surface area contributed by atoms with E-state index in [1.54, 1.807) is 10.9 Å². The first-order chi connectivity index (χ1) is 5.25. The Kier molecular flexibility index (Phi) is 1.42. The van der Waals surface area contributed by atoms with Gasteiger partial charge in [0, 0.05) is 17.7 Å². The van der Waals surface area contributed by atoms with Gasteiger partial charge in [0.05, 0.1) is 6.20 Å². The number of hydrogen-bond acceptors (Lipinski definition) is 2. The average Bonchev–Trinajstić information content (AvgIpc) is 2.27. The van der Waals surface area contributed by atoms with E-state index in [0.29, 0.717) is 0 Å². The van der Waals surface area contributed by atoms with Gasteiger partial charge in [-0.25, -0.2) is 0 Å². The summed E-state index contributed by atoms with van der Waals surface area (Å²) in [5.41, 5.74) is 1.84. The van der Waals surface area contributed by atoms with E-state index in [0.717, 1.165) is 15.5 Å². The Balaban J connectivity index is 2.82. The quantitative estimate of drug-likeness (QED) is 0.665. The van der Waals surface area contributed by atoms with Crippen LogP contribution >= 0.6 is 15.9 Å². The van der Waals surface area contributed by atoms with E-state index in [4.69, 9.17) is 0 Å². The Morgan fingerprint density at radius 2 is 2.27 bits per heavy atom. The molecular formula is C7H6BrN3. The molecule has 0 bridgehead atoms. The molecule has 0 aliphatic carbocycles. The fourth-order valence-corrected chi connectivity index (χ4v) is 1.31. The summed E-state index contributed by atoms with van der Waals surface area (Å²) in [6.45, 7) is 0. The van der Waals surface area contributed by atoms with Crippen molar-refractivity contribution in [3.05, 3.63) is 22.9 Å².